The van der Waals surface area contributed by atoms with E-state index in [1.807, 2.05) is 0 Å². The zero-order chi connectivity index (χ0) is 12.8. The zero-order valence-electron chi connectivity index (χ0n) is 9.73. The van der Waals surface area contributed by atoms with E-state index in [2.05, 4.69) is 10.6 Å². The van der Waals surface area contributed by atoms with E-state index in [0.29, 0.717) is 12.5 Å². The Morgan fingerprint density at radius 3 is 2.41 bits per heavy atom. The second kappa shape index (κ2) is 6.19. The molecule has 7 heteroatoms. The molecule has 1 aliphatic carbocycles. The number of hydrogen-bond acceptors (Lipinski definition) is 4. The van der Waals surface area contributed by atoms with Crippen molar-refractivity contribution in [2.45, 2.75) is 12.8 Å². The Hall–Kier alpha value is -1.63. The van der Waals surface area contributed by atoms with Gasteiger partial charge in [0, 0.05) is 13.6 Å². The summed E-state index contributed by atoms with van der Waals surface area (Å²) in [6.45, 7) is 0.335. The van der Waals surface area contributed by atoms with Crippen LogP contribution in [0.2, 0.25) is 0 Å². The molecule has 0 bridgehead atoms. The fourth-order valence-corrected chi connectivity index (χ4v) is 1.47. The van der Waals surface area contributed by atoms with Gasteiger partial charge >= 0.3 is 12.0 Å². The number of carboxylic acids is 1. The molecule has 96 valence electrons. The van der Waals surface area contributed by atoms with Gasteiger partial charge in [-0.15, -0.1) is 0 Å². The molecule has 0 aromatic heterocycles. The van der Waals surface area contributed by atoms with Crippen LogP contribution in [0.5, 0.6) is 0 Å². The fraction of sp³-hybridized carbons (Fsp3) is 0.700. The highest BCUT2D eigenvalue weighted by Gasteiger charge is 2.26. The Bertz CT molecular complexity index is 315. The van der Waals surface area contributed by atoms with Gasteiger partial charge in [-0.3, -0.25) is 19.8 Å². The van der Waals surface area contributed by atoms with Gasteiger partial charge in [-0.1, -0.05) is 0 Å². The summed E-state index contributed by atoms with van der Waals surface area (Å²) in [6, 6.07) is -0.586. The van der Waals surface area contributed by atoms with E-state index in [0.717, 1.165) is 12.8 Å². The van der Waals surface area contributed by atoms with Gasteiger partial charge in [-0.05, 0) is 18.8 Å². The molecule has 0 aromatic carbocycles. The monoisotopic (exact) mass is 243 g/mol. The molecule has 0 radical (unpaired) electrons. The van der Waals surface area contributed by atoms with Gasteiger partial charge in [0.2, 0.25) is 5.91 Å². The molecule has 0 unspecified atom stereocenters. The van der Waals surface area contributed by atoms with E-state index in [4.69, 9.17) is 5.11 Å². The summed E-state index contributed by atoms with van der Waals surface area (Å²) < 4.78 is 0. The predicted octanol–water partition coefficient (Wildman–Crippen LogP) is -0.761. The average molecular weight is 243 g/mol. The molecule has 17 heavy (non-hydrogen) atoms. The maximum atomic E-state index is 11.4. The molecular weight excluding hydrogens is 226 g/mol. The van der Waals surface area contributed by atoms with Crippen molar-refractivity contribution in [3.63, 3.8) is 0 Å². The van der Waals surface area contributed by atoms with E-state index in [1.54, 1.807) is 0 Å². The number of aliphatic carboxylic acids is 1. The highest BCUT2D eigenvalue weighted by Crippen LogP contribution is 2.29. The minimum atomic E-state index is -0.974. The van der Waals surface area contributed by atoms with E-state index >= 15 is 0 Å². The van der Waals surface area contributed by atoms with Gasteiger partial charge in [0.1, 0.15) is 0 Å². The lowest BCUT2D eigenvalue weighted by molar-refractivity contribution is -0.138. The molecule has 7 nitrogen and oxygen atoms in total. The molecule has 1 fully saturated rings. The molecule has 1 saturated carbocycles. The third-order valence-electron chi connectivity index (χ3n) is 2.42. The summed E-state index contributed by atoms with van der Waals surface area (Å²) in [7, 11) is 1.40. The van der Waals surface area contributed by atoms with Gasteiger partial charge in [0.15, 0.2) is 0 Å². The molecule has 1 aliphatic rings. The first-order valence-corrected chi connectivity index (χ1v) is 5.47. The highest BCUT2D eigenvalue weighted by molar-refractivity contribution is 5.95. The zero-order valence-corrected chi connectivity index (χ0v) is 9.73. The van der Waals surface area contributed by atoms with Crippen LogP contribution in [0.4, 0.5) is 4.79 Å². The van der Waals surface area contributed by atoms with Gasteiger partial charge in [-0.2, -0.15) is 0 Å². The highest BCUT2D eigenvalue weighted by atomic mass is 16.4. The first kappa shape index (κ1) is 13.4. The summed E-state index contributed by atoms with van der Waals surface area (Å²) in [4.78, 5) is 34.4. The van der Waals surface area contributed by atoms with Crippen LogP contribution in [0.25, 0.3) is 0 Å². The van der Waals surface area contributed by atoms with Gasteiger partial charge < -0.3 is 10.4 Å². The lowest BCUT2D eigenvalue weighted by Gasteiger charge is -2.18. The van der Waals surface area contributed by atoms with E-state index in [1.165, 1.54) is 11.9 Å². The Kier molecular flexibility index (Phi) is 4.89. The number of amides is 3. The number of carboxylic acid groups (broad SMARTS) is 1. The maximum Gasteiger partial charge on any atom is 0.321 e. The number of carbonyl (C=O) groups excluding carboxylic acids is 2. The average Bonchev–Trinajstić information content (AvgIpc) is 2.99. The molecule has 0 saturated heterocycles. The van der Waals surface area contributed by atoms with Crippen molar-refractivity contribution >= 4 is 17.9 Å². The summed E-state index contributed by atoms with van der Waals surface area (Å²) in [6.07, 6.45) is 2.15. The smallest absolute Gasteiger partial charge is 0.321 e. The Morgan fingerprint density at radius 2 is 1.94 bits per heavy atom. The van der Waals surface area contributed by atoms with Crippen LogP contribution >= 0.6 is 0 Å². The quantitative estimate of drug-likeness (QED) is 0.569. The summed E-state index contributed by atoms with van der Waals surface area (Å²) in [5.74, 6) is -0.980. The number of carbonyl (C=O) groups is 3. The molecule has 3 amide bonds. The van der Waals surface area contributed by atoms with E-state index in [-0.39, 0.29) is 13.1 Å². The van der Waals surface area contributed by atoms with Crippen LogP contribution in [0.3, 0.4) is 0 Å². The van der Waals surface area contributed by atoms with E-state index in [9.17, 15) is 14.4 Å². The summed E-state index contributed by atoms with van der Waals surface area (Å²) in [5, 5.41) is 13.1. The Labute approximate surface area is 99.2 Å². The molecule has 0 heterocycles. The summed E-state index contributed by atoms with van der Waals surface area (Å²) in [5.41, 5.74) is 0. The Balaban J connectivity index is 2.37. The number of urea groups is 1. The third-order valence-corrected chi connectivity index (χ3v) is 2.42. The van der Waals surface area contributed by atoms with Crippen molar-refractivity contribution in [3.05, 3.63) is 0 Å². The number of rotatable bonds is 6. The maximum absolute atomic E-state index is 11.4. The first-order chi connectivity index (χ1) is 8.01. The number of imide groups is 1. The minimum absolute atomic E-state index is 0.0732. The molecular formula is C10H17N3O4. The molecule has 0 atom stereocenters. The van der Waals surface area contributed by atoms with Crippen molar-refractivity contribution in [2.24, 2.45) is 5.92 Å². The van der Waals surface area contributed by atoms with Crippen LogP contribution in [0.1, 0.15) is 12.8 Å². The summed E-state index contributed by atoms with van der Waals surface area (Å²) >= 11 is 0. The SMILES string of the molecule is CNC(=O)NC(=O)CN(CC(=O)O)CC1CC1. The van der Waals surface area contributed by atoms with Gasteiger partial charge in [0.25, 0.3) is 0 Å². The largest absolute Gasteiger partial charge is 0.480 e. The number of hydrogen-bond donors (Lipinski definition) is 3. The second-order valence-corrected chi connectivity index (χ2v) is 4.13. The van der Waals surface area contributed by atoms with Gasteiger partial charge in [0.05, 0.1) is 13.1 Å². The van der Waals surface area contributed by atoms with Crippen molar-refractivity contribution in [2.75, 3.05) is 26.7 Å². The van der Waals surface area contributed by atoms with Crippen molar-refractivity contribution in [1.82, 2.24) is 15.5 Å². The Morgan fingerprint density at radius 1 is 1.29 bits per heavy atom. The third kappa shape index (κ3) is 5.86. The van der Waals surface area contributed by atoms with E-state index < -0.39 is 17.9 Å². The lowest BCUT2D eigenvalue weighted by atomic mass is 10.3. The molecule has 3 N–H and O–H groups in total. The molecule has 0 spiro atoms. The van der Waals surface area contributed by atoms with Crippen LogP contribution in [0, 0.1) is 5.92 Å². The lowest BCUT2D eigenvalue weighted by Crippen LogP contribution is -2.45. The van der Waals surface area contributed by atoms with Crippen molar-refractivity contribution < 1.29 is 19.5 Å². The van der Waals surface area contributed by atoms with Crippen LogP contribution < -0.4 is 10.6 Å². The molecule has 0 aromatic rings. The minimum Gasteiger partial charge on any atom is -0.480 e. The van der Waals surface area contributed by atoms with Crippen molar-refractivity contribution in [1.29, 1.82) is 0 Å². The first-order valence-electron chi connectivity index (χ1n) is 5.47. The fourth-order valence-electron chi connectivity index (χ4n) is 1.47. The predicted molar refractivity (Wildman–Crippen MR) is 59.4 cm³/mol. The van der Waals surface area contributed by atoms with Crippen LogP contribution in [0.15, 0.2) is 0 Å². The standard InChI is InChI=1S/C10H17N3O4/c1-11-10(17)12-8(14)5-13(6-9(15)16)4-7-2-3-7/h7H,2-6H2,1H3,(H,15,16)(H2,11,12,14,17). The number of nitrogens with one attached hydrogen (secondary N) is 2. The van der Waals surface area contributed by atoms with Crippen LogP contribution in [-0.4, -0.2) is 54.6 Å². The molecule has 0 aliphatic heterocycles. The second-order valence-electron chi connectivity index (χ2n) is 4.13. The molecule has 1 rings (SSSR count). The normalized spacial score (nSPS) is 14.5. The van der Waals surface area contributed by atoms with Crippen LogP contribution in [-0.2, 0) is 9.59 Å². The van der Waals surface area contributed by atoms with Crippen molar-refractivity contribution in [3.8, 4) is 0 Å². The topological polar surface area (TPSA) is 98.7 Å². The van der Waals surface area contributed by atoms with Gasteiger partial charge in [-0.25, -0.2) is 4.79 Å². The number of nitrogens with zero attached hydrogens (tertiary/aromatic N) is 1.